The third kappa shape index (κ3) is 3.05. The fourth-order valence-electron chi connectivity index (χ4n) is 1.28. The second-order valence-electron chi connectivity index (χ2n) is 3.70. The van der Waals surface area contributed by atoms with Crippen LogP contribution in [-0.4, -0.2) is 6.54 Å². The van der Waals surface area contributed by atoms with Crippen LogP contribution in [-0.2, 0) is 0 Å². The van der Waals surface area contributed by atoms with Crippen molar-refractivity contribution in [1.29, 1.82) is 0 Å². The van der Waals surface area contributed by atoms with Crippen molar-refractivity contribution in [3.8, 4) is 0 Å². The first kappa shape index (κ1) is 12.2. The molecule has 0 radical (unpaired) electrons. The largest absolute Gasteiger partial charge is 0.327 e. The summed E-state index contributed by atoms with van der Waals surface area (Å²) in [6.07, 6.45) is 3.37. The zero-order valence-corrected chi connectivity index (χ0v) is 9.68. The van der Waals surface area contributed by atoms with Crippen molar-refractivity contribution in [3.63, 3.8) is 0 Å². The minimum Gasteiger partial charge on any atom is -0.327 e. The van der Waals surface area contributed by atoms with Gasteiger partial charge in [-0.25, -0.2) is 4.39 Å². The molecule has 0 amide bonds. The Hall–Kier alpha value is -0.860. The van der Waals surface area contributed by atoms with Gasteiger partial charge in [0.15, 0.2) is 0 Å². The molecule has 3 heteroatoms. The van der Waals surface area contributed by atoms with Gasteiger partial charge >= 0.3 is 0 Å². The molecule has 1 rings (SSSR count). The Balaban J connectivity index is 3.19. The van der Waals surface area contributed by atoms with Crippen LogP contribution < -0.4 is 5.73 Å². The molecule has 0 aliphatic carbocycles. The predicted octanol–water partition coefficient (Wildman–Crippen LogP) is 3.57. The van der Waals surface area contributed by atoms with E-state index in [2.05, 4.69) is 0 Å². The molecule has 0 aliphatic rings. The van der Waals surface area contributed by atoms with Gasteiger partial charge in [0.1, 0.15) is 5.82 Å². The standard InChI is InChI=1S/C12H15ClFN/c1-8(2)10-6-9(4-3-5-15)12(14)11(13)7-10/h3-4,6-8H,5,15H2,1-2H3/b4-3+. The third-order valence-corrected chi connectivity index (χ3v) is 2.45. The summed E-state index contributed by atoms with van der Waals surface area (Å²) < 4.78 is 13.5. The molecule has 0 aromatic heterocycles. The van der Waals surface area contributed by atoms with Crippen molar-refractivity contribution >= 4 is 17.7 Å². The Bertz CT molecular complexity index is 372. The summed E-state index contributed by atoms with van der Waals surface area (Å²) in [5, 5.41) is 0.165. The molecular weight excluding hydrogens is 213 g/mol. The average Bonchev–Trinajstić information content (AvgIpc) is 2.19. The van der Waals surface area contributed by atoms with Crippen LogP contribution in [0.25, 0.3) is 6.08 Å². The summed E-state index contributed by atoms with van der Waals surface area (Å²) in [6.45, 7) is 4.48. The summed E-state index contributed by atoms with van der Waals surface area (Å²) >= 11 is 5.80. The van der Waals surface area contributed by atoms with E-state index in [1.165, 1.54) is 0 Å². The molecule has 0 unspecified atom stereocenters. The number of halogens is 2. The fourth-order valence-corrected chi connectivity index (χ4v) is 1.52. The summed E-state index contributed by atoms with van der Waals surface area (Å²) in [5.74, 6) is -0.0566. The highest BCUT2D eigenvalue weighted by molar-refractivity contribution is 6.31. The second kappa shape index (κ2) is 5.29. The van der Waals surface area contributed by atoms with Crippen molar-refractivity contribution in [2.75, 3.05) is 6.54 Å². The third-order valence-electron chi connectivity index (χ3n) is 2.18. The number of hydrogen-bond acceptors (Lipinski definition) is 1. The van der Waals surface area contributed by atoms with E-state index in [0.717, 1.165) is 5.56 Å². The maximum Gasteiger partial charge on any atom is 0.149 e. The van der Waals surface area contributed by atoms with Crippen molar-refractivity contribution < 1.29 is 4.39 Å². The van der Waals surface area contributed by atoms with Gasteiger partial charge in [-0.3, -0.25) is 0 Å². The normalized spacial score (nSPS) is 11.6. The zero-order chi connectivity index (χ0) is 11.4. The van der Waals surface area contributed by atoms with Gasteiger partial charge in [0.25, 0.3) is 0 Å². The first-order chi connectivity index (χ1) is 7.06. The minimum atomic E-state index is -0.384. The molecule has 1 aromatic rings. The zero-order valence-electron chi connectivity index (χ0n) is 8.93. The Kier molecular flexibility index (Phi) is 4.30. The number of rotatable bonds is 3. The van der Waals surface area contributed by atoms with Gasteiger partial charge in [-0.15, -0.1) is 0 Å². The Morgan fingerprint density at radius 1 is 1.47 bits per heavy atom. The van der Waals surface area contributed by atoms with Crippen LogP contribution in [0, 0.1) is 5.82 Å². The van der Waals surface area contributed by atoms with Crippen LogP contribution in [0.2, 0.25) is 5.02 Å². The lowest BCUT2D eigenvalue weighted by Gasteiger charge is -2.08. The number of hydrogen-bond donors (Lipinski definition) is 1. The molecule has 0 saturated carbocycles. The second-order valence-corrected chi connectivity index (χ2v) is 4.11. The monoisotopic (exact) mass is 227 g/mol. The van der Waals surface area contributed by atoms with Crippen molar-refractivity contribution in [2.24, 2.45) is 5.73 Å². The smallest absolute Gasteiger partial charge is 0.149 e. The van der Waals surface area contributed by atoms with Gasteiger partial charge in [-0.1, -0.05) is 37.6 Å². The van der Waals surface area contributed by atoms with Gasteiger partial charge in [0.05, 0.1) is 5.02 Å². The van der Waals surface area contributed by atoms with E-state index in [-0.39, 0.29) is 10.8 Å². The Morgan fingerprint density at radius 2 is 2.13 bits per heavy atom. The first-order valence-corrected chi connectivity index (χ1v) is 5.29. The van der Waals surface area contributed by atoms with Crippen LogP contribution >= 0.6 is 11.6 Å². The summed E-state index contributed by atoms with van der Waals surface area (Å²) in [5.41, 5.74) is 6.84. The fraction of sp³-hybridized carbons (Fsp3) is 0.333. The van der Waals surface area contributed by atoms with Crippen molar-refractivity contribution in [1.82, 2.24) is 0 Å². The van der Waals surface area contributed by atoms with Gasteiger partial charge in [-0.05, 0) is 23.6 Å². The topological polar surface area (TPSA) is 26.0 Å². The van der Waals surface area contributed by atoms with Crippen molar-refractivity contribution in [3.05, 3.63) is 40.2 Å². The lowest BCUT2D eigenvalue weighted by Crippen LogP contribution is -1.95. The summed E-state index contributed by atoms with van der Waals surface area (Å²) in [6, 6.07) is 3.47. The van der Waals surface area contributed by atoms with E-state index in [4.69, 9.17) is 17.3 Å². The molecule has 82 valence electrons. The highest BCUT2D eigenvalue weighted by Crippen LogP contribution is 2.26. The highest BCUT2D eigenvalue weighted by atomic mass is 35.5. The van der Waals surface area contributed by atoms with E-state index in [9.17, 15) is 4.39 Å². The molecule has 0 bridgehead atoms. The molecule has 0 aliphatic heterocycles. The first-order valence-electron chi connectivity index (χ1n) is 4.91. The minimum absolute atomic E-state index is 0.165. The molecule has 1 aromatic carbocycles. The maximum absolute atomic E-state index is 13.5. The predicted molar refractivity (Wildman–Crippen MR) is 63.6 cm³/mol. The van der Waals surface area contributed by atoms with Crippen LogP contribution in [0.15, 0.2) is 18.2 Å². The molecule has 0 fully saturated rings. The van der Waals surface area contributed by atoms with Gasteiger partial charge < -0.3 is 5.73 Å². The molecule has 0 atom stereocenters. The van der Waals surface area contributed by atoms with Gasteiger partial charge in [0.2, 0.25) is 0 Å². The molecule has 2 N–H and O–H groups in total. The molecule has 0 saturated heterocycles. The molecule has 0 heterocycles. The number of benzene rings is 1. The lowest BCUT2D eigenvalue weighted by atomic mass is 10.0. The molecular formula is C12H15ClFN. The van der Waals surface area contributed by atoms with E-state index in [1.54, 1.807) is 24.3 Å². The van der Waals surface area contributed by atoms with E-state index in [0.29, 0.717) is 18.0 Å². The molecule has 15 heavy (non-hydrogen) atoms. The quantitative estimate of drug-likeness (QED) is 0.840. The molecule has 0 spiro atoms. The molecule has 1 nitrogen and oxygen atoms in total. The van der Waals surface area contributed by atoms with Gasteiger partial charge in [0, 0.05) is 12.1 Å². The highest BCUT2D eigenvalue weighted by Gasteiger charge is 2.09. The van der Waals surface area contributed by atoms with Crippen LogP contribution in [0.1, 0.15) is 30.9 Å². The van der Waals surface area contributed by atoms with Crippen LogP contribution in [0.5, 0.6) is 0 Å². The summed E-state index contributed by atoms with van der Waals surface area (Å²) in [4.78, 5) is 0. The van der Waals surface area contributed by atoms with E-state index in [1.807, 2.05) is 13.8 Å². The Morgan fingerprint density at radius 3 is 2.67 bits per heavy atom. The maximum atomic E-state index is 13.5. The Labute approximate surface area is 94.7 Å². The van der Waals surface area contributed by atoms with Crippen molar-refractivity contribution in [2.45, 2.75) is 19.8 Å². The summed E-state index contributed by atoms with van der Waals surface area (Å²) in [7, 11) is 0. The number of nitrogens with two attached hydrogens (primary N) is 1. The lowest BCUT2D eigenvalue weighted by molar-refractivity contribution is 0.624. The van der Waals surface area contributed by atoms with E-state index >= 15 is 0 Å². The van der Waals surface area contributed by atoms with E-state index < -0.39 is 0 Å². The van der Waals surface area contributed by atoms with Gasteiger partial charge in [-0.2, -0.15) is 0 Å². The SMILES string of the molecule is CC(C)c1cc(Cl)c(F)c(/C=C/CN)c1. The van der Waals surface area contributed by atoms with Crippen LogP contribution in [0.3, 0.4) is 0 Å². The van der Waals surface area contributed by atoms with Crippen LogP contribution in [0.4, 0.5) is 4.39 Å². The average molecular weight is 228 g/mol.